The third-order valence-corrected chi connectivity index (χ3v) is 10.5. The Kier molecular flexibility index (Phi) is 46.5. The SMILES string of the molecule is CC\C=C/C=C\C=C/C=C\C=C/CCCCCC(=O)OC(COC(=O)CCCCCCCCC/C=C\C/C=C\CCCCC)COC(=O)CCCCCCCCCCCCC. The number of carbonyl (C=O) groups excluding carboxylic acids is 3. The van der Waals surface area contributed by atoms with E-state index in [1.165, 1.54) is 103 Å². The van der Waals surface area contributed by atoms with Gasteiger partial charge in [-0.25, -0.2) is 0 Å². The Labute approximate surface area is 375 Å². The van der Waals surface area contributed by atoms with Gasteiger partial charge in [-0.2, -0.15) is 0 Å². The van der Waals surface area contributed by atoms with Crippen molar-refractivity contribution in [3.05, 3.63) is 85.1 Å². The minimum absolute atomic E-state index is 0.0957. The van der Waals surface area contributed by atoms with Crippen LogP contribution in [0.3, 0.4) is 0 Å². The average molecular weight is 849 g/mol. The summed E-state index contributed by atoms with van der Waals surface area (Å²) in [6, 6.07) is 0. The van der Waals surface area contributed by atoms with Crippen LogP contribution in [0.2, 0.25) is 0 Å². The zero-order chi connectivity index (χ0) is 44.4. The lowest BCUT2D eigenvalue weighted by atomic mass is 10.1. The monoisotopic (exact) mass is 849 g/mol. The maximum Gasteiger partial charge on any atom is 0.306 e. The van der Waals surface area contributed by atoms with Crippen LogP contribution in [0.15, 0.2) is 85.1 Å². The number of ether oxygens (including phenoxy) is 3. The first kappa shape index (κ1) is 57.6. The Morgan fingerprint density at radius 3 is 1.18 bits per heavy atom. The van der Waals surface area contributed by atoms with Crippen LogP contribution < -0.4 is 0 Å². The van der Waals surface area contributed by atoms with Crippen LogP contribution in [0.5, 0.6) is 0 Å². The van der Waals surface area contributed by atoms with Gasteiger partial charge in [0.2, 0.25) is 0 Å². The van der Waals surface area contributed by atoms with Crippen molar-refractivity contribution in [3.8, 4) is 0 Å². The van der Waals surface area contributed by atoms with Gasteiger partial charge < -0.3 is 14.2 Å². The zero-order valence-corrected chi connectivity index (χ0v) is 39.7. The number of allylic oxidation sites excluding steroid dienone is 14. The molecule has 0 saturated heterocycles. The lowest BCUT2D eigenvalue weighted by molar-refractivity contribution is -0.167. The molecule has 0 rings (SSSR count). The van der Waals surface area contributed by atoms with E-state index < -0.39 is 6.10 Å². The number of carbonyl (C=O) groups is 3. The first-order valence-electron chi connectivity index (χ1n) is 25.2. The van der Waals surface area contributed by atoms with Gasteiger partial charge in [0.15, 0.2) is 6.10 Å². The summed E-state index contributed by atoms with van der Waals surface area (Å²) in [7, 11) is 0. The number of hydrogen-bond donors (Lipinski definition) is 0. The topological polar surface area (TPSA) is 78.9 Å². The minimum Gasteiger partial charge on any atom is -0.462 e. The lowest BCUT2D eigenvalue weighted by Crippen LogP contribution is -2.30. The van der Waals surface area contributed by atoms with Crippen LogP contribution >= 0.6 is 0 Å². The van der Waals surface area contributed by atoms with Gasteiger partial charge in [-0.1, -0.05) is 221 Å². The van der Waals surface area contributed by atoms with Crippen molar-refractivity contribution in [2.24, 2.45) is 0 Å². The molecule has 1 unspecified atom stereocenters. The molecule has 0 aromatic carbocycles. The fourth-order valence-corrected chi connectivity index (χ4v) is 6.73. The Balaban J connectivity index is 4.46. The van der Waals surface area contributed by atoms with Gasteiger partial charge in [0.1, 0.15) is 13.2 Å². The Morgan fingerprint density at radius 1 is 0.361 bits per heavy atom. The third kappa shape index (κ3) is 47.5. The van der Waals surface area contributed by atoms with Crippen molar-refractivity contribution >= 4 is 17.9 Å². The van der Waals surface area contributed by atoms with Gasteiger partial charge in [-0.3, -0.25) is 14.4 Å². The van der Waals surface area contributed by atoms with Crippen LogP contribution in [0.1, 0.15) is 226 Å². The predicted molar refractivity (Wildman–Crippen MR) is 261 cm³/mol. The summed E-state index contributed by atoms with van der Waals surface area (Å²) < 4.78 is 16.7. The first-order chi connectivity index (χ1) is 30.0. The summed E-state index contributed by atoms with van der Waals surface area (Å²) in [5.41, 5.74) is 0. The van der Waals surface area contributed by atoms with E-state index in [1.807, 2.05) is 48.6 Å². The summed E-state index contributed by atoms with van der Waals surface area (Å²) >= 11 is 0. The van der Waals surface area contributed by atoms with E-state index in [0.29, 0.717) is 19.3 Å². The quantitative estimate of drug-likeness (QED) is 0.0200. The molecule has 0 bridgehead atoms. The molecule has 0 heterocycles. The summed E-state index contributed by atoms with van der Waals surface area (Å²) in [6.07, 6.45) is 62.7. The number of rotatable bonds is 44. The molecule has 0 aliphatic carbocycles. The largest absolute Gasteiger partial charge is 0.462 e. The van der Waals surface area contributed by atoms with E-state index in [4.69, 9.17) is 14.2 Å². The van der Waals surface area contributed by atoms with Crippen molar-refractivity contribution in [2.75, 3.05) is 13.2 Å². The molecule has 0 fully saturated rings. The lowest BCUT2D eigenvalue weighted by Gasteiger charge is -2.18. The van der Waals surface area contributed by atoms with Crippen molar-refractivity contribution in [1.82, 2.24) is 0 Å². The molecule has 6 heteroatoms. The van der Waals surface area contributed by atoms with Gasteiger partial charge in [-0.15, -0.1) is 0 Å². The molecule has 0 aliphatic rings. The molecule has 348 valence electrons. The van der Waals surface area contributed by atoms with E-state index in [0.717, 1.165) is 77.0 Å². The van der Waals surface area contributed by atoms with Crippen LogP contribution in [0, 0.1) is 0 Å². The third-order valence-electron chi connectivity index (χ3n) is 10.5. The van der Waals surface area contributed by atoms with Gasteiger partial charge >= 0.3 is 17.9 Å². The fraction of sp³-hybridized carbons (Fsp3) is 0.691. The zero-order valence-electron chi connectivity index (χ0n) is 39.7. The first-order valence-corrected chi connectivity index (χ1v) is 25.2. The number of hydrogen-bond acceptors (Lipinski definition) is 6. The molecule has 61 heavy (non-hydrogen) atoms. The van der Waals surface area contributed by atoms with Crippen molar-refractivity contribution in [3.63, 3.8) is 0 Å². The maximum atomic E-state index is 12.8. The van der Waals surface area contributed by atoms with Gasteiger partial charge in [0.25, 0.3) is 0 Å². The fourth-order valence-electron chi connectivity index (χ4n) is 6.73. The molecule has 0 radical (unpaired) electrons. The van der Waals surface area contributed by atoms with Gasteiger partial charge in [0, 0.05) is 19.3 Å². The Bertz CT molecular complexity index is 1200. The van der Waals surface area contributed by atoms with Crippen molar-refractivity contribution in [1.29, 1.82) is 0 Å². The Hall–Kier alpha value is -3.41. The molecule has 0 N–H and O–H groups in total. The molecule has 0 aliphatic heterocycles. The number of esters is 3. The summed E-state index contributed by atoms with van der Waals surface area (Å²) in [4.78, 5) is 37.9. The highest BCUT2D eigenvalue weighted by Gasteiger charge is 2.19. The predicted octanol–water partition coefficient (Wildman–Crippen LogP) is 16.4. The molecule has 0 aromatic heterocycles. The van der Waals surface area contributed by atoms with E-state index >= 15 is 0 Å². The van der Waals surface area contributed by atoms with Gasteiger partial charge in [-0.05, 0) is 70.6 Å². The normalized spacial score (nSPS) is 12.8. The van der Waals surface area contributed by atoms with Crippen LogP contribution in [-0.2, 0) is 28.6 Å². The molecule has 1 atom stereocenters. The Morgan fingerprint density at radius 2 is 0.705 bits per heavy atom. The maximum absolute atomic E-state index is 12.8. The van der Waals surface area contributed by atoms with E-state index in [-0.39, 0.29) is 37.5 Å². The van der Waals surface area contributed by atoms with Crippen LogP contribution in [0.4, 0.5) is 0 Å². The minimum atomic E-state index is -0.799. The molecular formula is C55H92O6. The number of unbranched alkanes of at least 4 members (excludes halogenated alkanes) is 23. The van der Waals surface area contributed by atoms with Crippen molar-refractivity contribution < 1.29 is 28.6 Å². The highest BCUT2D eigenvalue weighted by molar-refractivity contribution is 5.71. The standard InChI is InChI=1S/C55H92O6/c1-4-7-10-13-16-19-22-24-26-27-29-30-33-36-39-42-45-48-54(57)60-51-52(50-59-53(56)47-44-41-38-35-32-21-18-15-12-9-6-3)61-55(58)49-46-43-40-37-34-31-28-25-23-20-17-14-11-8-5-2/h8,11,14,16-17,19-20,23-26,28,31,34,52H,4-7,9-10,12-13,15,18,21-22,27,29-30,32-33,35-51H2,1-3H3/b11-8-,17-14-,19-16-,23-20-,26-24-,28-25-,34-31-. The highest BCUT2D eigenvalue weighted by Crippen LogP contribution is 2.14. The second kappa shape index (κ2) is 49.2. The second-order valence-electron chi connectivity index (χ2n) is 16.5. The molecule has 0 saturated carbocycles. The summed E-state index contributed by atoms with van der Waals surface area (Å²) in [5, 5.41) is 0. The molecule has 0 spiro atoms. The van der Waals surface area contributed by atoms with E-state index in [9.17, 15) is 14.4 Å². The van der Waals surface area contributed by atoms with Crippen molar-refractivity contribution in [2.45, 2.75) is 232 Å². The van der Waals surface area contributed by atoms with E-state index in [2.05, 4.69) is 57.2 Å². The molecule has 0 amide bonds. The smallest absolute Gasteiger partial charge is 0.306 e. The molecule has 0 aromatic rings. The summed E-state index contributed by atoms with van der Waals surface area (Å²) in [6.45, 7) is 6.41. The molecule has 6 nitrogen and oxygen atoms in total. The average Bonchev–Trinajstić information content (AvgIpc) is 3.26. The van der Waals surface area contributed by atoms with Crippen LogP contribution in [-0.4, -0.2) is 37.2 Å². The highest BCUT2D eigenvalue weighted by atomic mass is 16.6. The second-order valence-corrected chi connectivity index (χ2v) is 16.5. The van der Waals surface area contributed by atoms with E-state index in [1.54, 1.807) is 0 Å². The molecular weight excluding hydrogens is 757 g/mol. The summed E-state index contributed by atoms with van der Waals surface area (Å²) in [5.74, 6) is -0.948. The van der Waals surface area contributed by atoms with Gasteiger partial charge in [0.05, 0.1) is 0 Å². The van der Waals surface area contributed by atoms with Crippen LogP contribution in [0.25, 0.3) is 0 Å².